The molecule has 1 aliphatic heterocycles. The van der Waals surface area contributed by atoms with Crippen LogP contribution in [0.25, 0.3) is 0 Å². The Morgan fingerprint density at radius 3 is 2.52 bits per heavy atom. The third kappa shape index (κ3) is 2.35. The van der Waals surface area contributed by atoms with Crippen molar-refractivity contribution in [2.75, 3.05) is 4.90 Å². The normalized spacial score (nSPS) is 22.9. The predicted octanol–water partition coefficient (Wildman–Crippen LogP) is 5.84. The molecule has 2 aromatic carbocycles. The van der Waals surface area contributed by atoms with Crippen LogP contribution < -0.4 is 4.90 Å². The maximum absolute atomic E-state index is 7.87. The van der Waals surface area contributed by atoms with Gasteiger partial charge in [0.1, 0.15) is 0 Å². The van der Waals surface area contributed by atoms with Gasteiger partial charge < -0.3 is 4.90 Å². The van der Waals surface area contributed by atoms with Crippen molar-refractivity contribution < 1.29 is 1.37 Å². The van der Waals surface area contributed by atoms with Gasteiger partial charge in [-0.25, -0.2) is 0 Å². The largest absolute Gasteiger partial charge is 0.338 e. The van der Waals surface area contributed by atoms with Gasteiger partial charge in [0.05, 0.1) is 1.37 Å². The number of rotatable bonds is 3. The third-order valence-electron chi connectivity index (χ3n) is 5.11. The molecule has 0 saturated carbocycles. The quantitative estimate of drug-likeness (QED) is 0.682. The molecule has 0 fully saturated rings. The Morgan fingerprint density at radius 2 is 1.86 bits per heavy atom. The van der Waals surface area contributed by atoms with Crippen LogP contribution in [0.2, 0.25) is 0 Å². The molecule has 1 nitrogen and oxygen atoms in total. The van der Waals surface area contributed by atoms with E-state index in [9.17, 15) is 0 Å². The first-order valence-corrected chi connectivity index (χ1v) is 8.02. The fraction of sp³-hybridized carbons (Fsp3) is 0.400. The van der Waals surface area contributed by atoms with Gasteiger partial charge in [0.25, 0.3) is 0 Å². The van der Waals surface area contributed by atoms with E-state index in [-0.39, 0.29) is 0 Å². The molecular formula is C20H25N. The zero-order valence-electron chi connectivity index (χ0n) is 14.4. The molecule has 21 heavy (non-hydrogen) atoms. The smallest absolute Gasteiger partial charge is 0.0623 e. The Hall–Kier alpha value is -1.76. The highest BCUT2D eigenvalue weighted by Crippen LogP contribution is 2.44. The van der Waals surface area contributed by atoms with Crippen LogP contribution in [-0.2, 0) is 0 Å². The van der Waals surface area contributed by atoms with Crippen molar-refractivity contribution in [1.29, 1.82) is 0 Å². The maximum Gasteiger partial charge on any atom is 0.0623 e. The van der Waals surface area contributed by atoms with Crippen molar-refractivity contribution >= 4 is 11.4 Å². The Morgan fingerprint density at radius 1 is 1.14 bits per heavy atom. The van der Waals surface area contributed by atoms with Crippen LogP contribution in [-0.4, -0.2) is 6.04 Å². The number of hydrogen-bond donors (Lipinski definition) is 0. The van der Waals surface area contributed by atoms with E-state index in [0.29, 0.717) is 23.9 Å². The minimum atomic E-state index is 0.422. The van der Waals surface area contributed by atoms with Gasteiger partial charge in [-0.2, -0.15) is 0 Å². The average molecular weight is 281 g/mol. The number of fused-ring (bicyclic) bond motifs is 1. The zero-order chi connectivity index (χ0) is 15.9. The third-order valence-corrected chi connectivity index (χ3v) is 5.11. The van der Waals surface area contributed by atoms with Gasteiger partial charge in [-0.15, -0.1) is 0 Å². The summed E-state index contributed by atoms with van der Waals surface area (Å²) in [7, 11) is 0. The van der Waals surface area contributed by atoms with Crippen LogP contribution in [0.3, 0.4) is 0 Å². The lowest BCUT2D eigenvalue weighted by molar-refractivity contribution is 0.642. The first-order valence-electron chi connectivity index (χ1n) is 8.52. The first kappa shape index (κ1) is 12.9. The Kier molecular flexibility index (Phi) is 3.42. The molecule has 0 aromatic heterocycles. The highest BCUT2D eigenvalue weighted by Gasteiger charge is 2.32. The van der Waals surface area contributed by atoms with Crippen LogP contribution in [0, 0.1) is 0 Å². The summed E-state index contributed by atoms with van der Waals surface area (Å²) in [4.78, 5) is 2.42. The van der Waals surface area contributed by atoms with Gasteiger partial charge in [0.15, 0.2) is 0 Å². The number of benzene rings is 2. The summed E-state index contributed by atoms with van der Waals surface area (Å²) in [6.45, 7) is 9.05. The molecule has 2 aromatic rings. The molecule has 0 unspecified atom stereocenters. The summed E-state index contributed by atoms with van der Waals surface area (Å²) in [5, 5.41) is 0. The van der Waals surface area contributed by atoms with Crippen LogP contribution in [0.4, 0.5) is 11.4 Å². The number of anilines is 2. The number of para-hydroxylation sites is 1. The maximum atomic E-state index is 7.87. The molecule has 1 aliphatic rings. The second-order valence-electron chi connectivity index (χ2n) is 6.29. The van der Waals surface area contributed by atoms with Gasteiger partial charge in [0.2, 0.25) is 0 Å². The van der Waals surface area contributed by atoms with Gasteiger partial charge in [-0.3, -0.25) is 0 Å². The fourth-order valence-corrected chi connectivity index (χ4v) is 3.30. The monoisotopic (exact) mass is 281 g/mol. The average Bonchev–Trinajstić information content (AvgIpc) is 2.78. The Bertz CT molecular complexity index is 662. The summed E-state index contributed by atoms with van der Waals surface area (Å²) in [6, 6.07) is 16.0. The van der Waals surface area contributed by atoms with Crippen molar-refractivity contribution in [3.8, 4) is 0 Å². The van der Waals surface area contributed by atoms with Crippen molar-refractivity contribution in [2.24, 2.45) is 0 Å². The van der Waals surface area contributed by atoms with Crippen molar-refractivity contribution in [2.45, 2.75) is 52.0 Å². The zero-order valence-corrected chi connectivity index (χ0v) is 13.4. The lowest BCUT2D eigenvalue weighted by atomic mass is 9.98. The highest BCUT2D eigenvalue weighted by atomic mass is 15.2. The second kappa shape index (κ2) is 5.55. The molecule has 3 atom stereocenters. The Labute approximate surface area is 130 Å². The van der Waals surface area contributed by atoms with Crippen molar-refractivity contribution in [1.82, 2.24) is 0 Å². The number of nitrogens with zero attached hydrogens (tertiary/aromatic N) is 1. The summed E-state index contributed by atoms with van der Waals surface area (Å²) in [6.07, 6.45) is 1.17. The van der Waals surface area contributed by atoms with Gasteiger partial charge in [-0.1, -0.05) is 51.1 Å². The molecule has 110 valence electrons. The van der Waals surface area contributed by atoms with Crippen LogP contribution in [0.5, 0.6) is 0 Å². The van der Waals surface area contributed by atoms with Crippen LogP contribution in [0.1, 0.15) is 58.4 Å². The minimum Gasteiger partial charge on any atom is -0.338 e. The van der Waals surface area contributed by atoms with E-state index in [1.807, 2.05) is 12.1 Å². The summed E-state index contributed by atoms with van der Waals surface area (Å²) < 4.78 is 7.87. The lowest BCUT2D eigenvalue weighted by Crippen LogP contribution is -2.25. The fourth-order valence-electron chi connectivity index (χ4n) is 3.30. The van der Waals surface area contributed by atoms with Gasteiger partial charge >= 0.3 is 0 Å². The van der Waals surface area contributed by atoms with E-state index in [2.05, 4.69) is 62.9 Å². The molecule has 0 aliphatic carbocycles. The summed E-state index contributed by atoms with van der Waals surface area (Å²) in [5.74, 6) is 1.07. The molecular weight excluding hydrogens is 254 g/mol. The molecule has 0 bridgehead atoms. The molecule has 0 N–H and O–H groups in total. The molecule has 1 heterocycles. The van der Waals surface area contributed by atoms with Gasteiger partial charge in [-0.05, 0) is 48.6 Å². The topological polar surface area (TPSA) is 3.24 Å². The van der Waals surface area contributed by atoms with E-state index in [0.717, 1.165) is 0 Å². The standard InChI is InChI=1S/C20H25N/c1-5-14(2)17-10-12-18(13-11-17)21-16(4)15(3)19-8-6-7-9-20(19)21/h6-16H,5H2,1-4H3/t14-,15-,16+/m1/s1/i6T. The predicted molar refractivity (Wildman–Crippen MR) is 91.6 cm³/mol. The minimum absolute atomic E-state index is 0.422. The van der Waals surface area contributed by atoms with Crippen molar-refractivity contribution in [3.63, 3.8) is 0 Å². The van der Waals surface area contributed by atoms with E-state index < -0.39 is 0 Å². The first-order chi connectivity index (χ1) is 10.5. The molecule has 0 radical (unpaired) electrons. The second-order valence-corrected chi connectivity index (χ2v) is 6.29. The lowest BCUT2D eigenvalue weighted by Gasteiger charge is -2.27. The molecule has 0 saturated heterocycles. The van der Waals surface area contributed by atoms with E-state index >= 15 is 0 Å². The molecule has 0 spiro atoms. The molecule has 3 rings (SSSR count). The molecule has 1 heteroatoms. The van der Waals surface area contributed by atoms with Gasteiger partial charge in [0, 0.05) is 23.3 Å². The van der Waals surface area contributed by atoms with E-state index in [1.54, 1.807) is 0 Å². The number of hydrogen-bond acceptors (Lipinski definition) is 1. The van der Waals surface area contributed by atoms with E-state index in [1.165, 1.54) is 28.9 Å². The highest BCUT2D eigenvalue weighted by molar-refractivity contribution is 5.72. The summed E-state index contributed by atoms with van der Waals surface area (Å²) in [5.41, 5.74) is 5.22. The Balaban J connectivity index is 1.99. The van der Waals surface area contributed by atoms with Crippen LogP contribution in [0.15, 0.2) is 48.5 Å². The van der Waals surface area contributed by atoms with E-state index in [4.69, 9.17) is 1.37 Å². The molecule has 0 amide bonds. The van der Waals surface area contributed by atoms with Crippen LogP contribution >= 0.6 is 0 Å². The SMILES string of the molecule is [3H]c1ccc2c(c1)[C@H](C)[C@H](C)N2c1ccc([C@H](C)CC)cc1. The summed E-state index contributed by atoms with van der Waals surface area (Å²) >= 11 is 0. The van der Waals surface area contributed by atoms with Crippen molar-refractivity contribution in [3.05, 3.63) is 59.6 Å².